The molecule has 1 aromatic carbocycles. The summed E-state index contributed by atoms with van der Waals surface area (Å²) in [5.74, 6) is 1.52. The Morgan fingerprint density at radius 2 is 1.94 bits per heavy atom. The molecule has 0 saturated heterocycles. The topological polar surface area (TPSA) is 57.4 Å². The number of nitrogens with zero attached hydrogens (tertiary/aromatic N) is 1. The SMILES string of the molecule is Cc1sc(N)nc1-c1cc2c(cc1Br)OCCO2. The number of hydrogen-bond donors (Lipinski definition) is 1. The summed E-state index contributed by atoms with van der Waals surface area (Å²) < 4.78 is 12.0. The molecule has 0 spiro atoms. The van der Waals surface area contributed by atoms with Crippen LogP contribution in [0.3, 0.4) is 0 Å². The van der Waals surface area contributed by atoms with Crippen LogP contribution in [0.5, 0.6) is 11.5 Å². The average Bonchev–Trinajstić information content (AvgIpc) is 2.67. The van der Waals surface area contributed by atoms with Crippen LogP contribution in [0.1, 0.15) is 4.88 Å². The van der Waals surface area contributed by atoms with Crippen molar-refractivity contribution in [3.63, 3.8) is 0 Å². The second-order valence-corrected chi connectivity index (χ2v) is 6.02. The lowest BCUT2D eigenvalue weighted by Gasteiger charge is -2.19. The van der Waals surface area contributed by atoms with E-state index in [1.165, 1.54) is 11.3 Å². The third kappa shape index (κ3) is 1.95. The maximum absolute atomic E-state index is 5.74. The van der Waals surface area contributed by atoms with Gasteiger partial charge in [0, 0.05) is 14.9 Å². The van der Waals surface area contributed by atoms with Gasteiger partial charge in [0.05, 0.1) is 5.69 Å². The molecule has 94 valence electrons. The van der Waals surface area contributed by atoms with E-state index in [1.807, 2.05) is 19.1 Å². The number of halogens is 1. The highest BCUT2D eigenvalue weighted by molar-refractivity contribution is 9.10. The van der Waals surface area contributed by atoms with E-state index in [9.17, 15) is 0 Å². The van der Waals surface area contributed by atoms with E-state index >= 15 is 0 Å². The van der Waals surface area contributed by atoms with Gasteiger partial charge in [-0.15, -0.1) is 11.3 Å². The molecular formula is C12H11BrN2O2S. The van der Waals surface area contributed by atoms with Gasteiger partial charge in [-0.3, -0.25) is 0 Å². The van der Waals surface area contributed by atoms with Crippen LogP contribution in [-0.2, 0) is 0 Å². The molecule has 0 atom stereocenters. The van der Waals surface area contributed by atoms with E-state index < -0.39 is 0 Å². The second kappa shape index (κ2) is 4.44. The summed E-state index contributed by atoms with van der Waals surface area (Å²) in [6.45, 7) is 3.17. The van der Waals surface area contributed by atoms with Crippen molar-refractivity contribution in [2.45, 2.75) is 6.92 Å². The number of thiazole rings is 1. The average molecular weight is 327 g/mol. The Morgan fingerprint density at radius 3 is 2.56 bits per heavy atom. The standard InChI is InChI=1S/C12H11BrN2O2S/c1-6-11(15-12(14)18-6)7-4-9-10(5-8(7)13)17-3-2-16-9/h4-5H,2-3H2,1H3,(H2,14,15). The fraction of sp³-hybridized carbons (Fsp3) is 0.250. The molecule has 1 aromatic heterocycles. The minimum Gasteiger partial charge on any atom is -0.486 e. The quantitative estimate of drug-likeness (QED) is 0.874. The van der Waals surface area contributed by atoms with Crippen molar-refractivity contribution in [1.29, 1.82) is 0 Å². The highest BCUT2D eigenvalue weighted by Gasteiger charge is 2.18. The van der Waals surface area contributed by atoms with Crippen molar-refractivity contribution in [1.82, 2.24) is 4.98 Å². The molecule has 0 amide bonds. The Hall–Kier alpha value is -1.27. The van der Waals surface area contributed by atoms with Crippen molar-refractivity contribution >= 4 is 32.4 Å². The summed E-state index contributed by atoms with van der Waals surface area (Å²) in [6.07, 6.45) is 0. The molecule has 4 nitrogen and oxygen atoms in total. The Labute approximate surface area is 117 Å². The number of nitrogens with two attached hydrogens (primary N) is 1. The third-order valence-corrected chi connectivity index (χ3v) is 4.16. The van der Waals surface area contributed by atoms with E-state index in [-0.39, 0.29) is 0 Å². The summed E-state index contributed by atoms with van der Waals surface area (Å²) in [5.41, 5.74) is 7.61. The van der Waals surface area contributed by atoms with E-state index in [2.05, 4.69) is 20.9 Å². The van der Waals surface area contributed by atoms with Gasteiger partial charge in [-0.2, -0.15) is 0 Å². The van der Waals surface area contributed by atoms with E-state index in [0.29, 0.717) is 18.3 Å². The summed E-state index contributed by atoms with van der Waals surface area (Å²) in [7, 11) is 0. The zero-order valence-corrected chi connectivity index (χ0v) is 12.1. The first-order valence-electron chi connectivity index (χ1n) is 5.47. The maximum Gasteiger partial charge on any atom is 0.180 e. The maximum atomic E-state index is 5.74. The smallest absolute Gasteiger partial charge is 0.180 e. The number of nitrogen functional groups attached to an aromatic ring is 1. The van der Waals surface area contributed by atoms with Crippen LogP contribution in [0.25, 0.3) is 11.3 Å². The Bertz CT molecular complexity index is 612. The highest BCUT2D eigenvalue weighted by Crippen LogP contribution is 2.41. The minimum absolute atomic E-state index is 0.573. The lowest BCUT2D eigenvalue weighted by Crippen LogP contribution is -2.15. The van der Waals surface area contributed by atoms with Crippen LogP contribution < -0.4 is 15.2 Å². The molecule has 2 heterocycles. The summed E-state index contributed by atoms with van der Waals surface area (Å²) in [5, 5.41) is 0.573. The van der Waals surface area contributed by atoms with Crippen LogP contribution in [0.2, 0.25) is 0 Å². The first-order valence-corrected chi connectivity index (χ1v) is 7.08. The molecule has 0 unspecified atom stereocenters. The van der Waals surface area contributed by atoms with Crippen LogP contribution >= 0.6 is 27.3 Å². The lowest BCUT2D eigenvalue weighted by molar-refractivity contribution is 0.171. The second-order valence-electron chi connectivity index (χ2n) is 3.93. The zero-order valence-electron chi connectivity index (χ0n) is 9.70. The fourth-order valence-electron chi connectivity index (χ4n) is 1.91. The zero-order chi connectivity index (χ0) is 12.7. The molecule has 0 saturated carbocycles. The van der Waals surface area contributed by atoms with E-state index in [0.717, 1.165) is 32.1 Å². The molecule has 2 aromatic rings. The van der Waals surface area contributed by atoms with Crippen LogP contribution in [-0.4, -0.2) is 18.2 Å². The van der Waals surface area contributed by atoms with Gasteiger partial charge in [0.25, 0.3) is 0 Å². The summed E-state index contributed by atoms with van der Waals surface area (Å²) >= 11 is 5.03. The molecular weight excluding hydrogens is 316 g/mol. The molecule has 0 aliphatic carbocycles. The third-order valence-electron chi connectivity index (χ3n) is 2.70. The number of rotatable bonds is 1. The molecule has 1 aliphatic rings. The number of fused-ring (bicyclic) bond motifs is 1. The lowest BCUT2D eigenvalue weighted by atomic mass is 10.1. The largest absolute Gasteiger partial charge is 0.486 e. The van der Waals surface area contributed by atoms with Crippen molar-refractivity contribution in [2.75, 3.05) is 18.9 Å². The fourth-order valence-corrected chi connectivity index (χ4v) is 3.13. The van der Waals surface area contributed by atoms with Crippen molar-refractivity contribution in [3.05, 3.63) is 21.5 Å². The van der Waals surface area contributed by atoms with E-state index in [4.69, 9.17) is 15.2 Å². The van der Waals surface area contributed by atoms with Gasteiger partial charge in [0.15, 0.2) is 16.6 Å². The molecule has 3 rings (SSSR count). The first-order chi connectivity index (χ1) is 8.65. The van der Waals surface area contributed by atoms with Gasteiger partial charge < -0.3 is 15.2 Å². The van der Waals surface area contributed by atoms with E-state index in [1.54, 1.807) is 0 Å². The molecule has 1 aliphatic heterocycles. The van der Waals surface area contributed by atoms with Crippen molar-refractivity contribution < 1.29 is 9.47 Å². The molecule has 2 N–H and O–H groups in total. The van der Waals surface area contributed by atoms with Gasteiger partial charge in [-0.05, 0) is 35.0 Å². The molecule has 18 heavy (non-hydrogen) atoms. The number of benzene rings is 1. The summed E-state index contributed by atoms with van der Waals surface area (Å²) in [6, 6.07) is 3.86. The monoisotopic (exact) mass is 326 g/mol. The highest BCUT2D eigenvalue weighted by atomic mass is 79.9. The minimum atomic E-state index is 0.573. The van der Waals surface area contributed by atoms with Crippen molar-refractivity contribution in [2.24, 2.45) is 0 Å². The molecule has 0 fully saturated rings. The van der Waals surface area contributed by atoms with Crippen LogP contribution in [0.15, 0.2) is 16.6 Å². The van der Waals surface area contributed by atoms with Gasteiger partial charge in [-0.25, -0.2) is 4.98 Å². The van der Waals surface area contributed by atoms with Crippen LogP contribution in [0.4, 0.5) is 5.13 Å². The Morgan fingerprint density at radius 1 is 1.28 bits per heavy atom. The summed E-state index contributed by atoms with van der Waals surface area (Å²) in [4.78, 5) is 5.45. The van der Waals surface area contributed by atoms with Gasteiger partial charge in [0.1, 0.15) is 13.2 Å². The van der Waals surface area contributed by atoms with Gasteiger partial charge in [-0.1, -0.05) is 0 Å². The Balaban J connectivity index is 2.15. The normalized spacial score (nSPS) is 13.7. The Kier molecular flexibility index (Phi) is 2.91. The molecule has 0 bridgehead atoms. The first kappa shape index (κ1) is 11.8. The number of ether oxygens (including phenoxy) is 2. The number of aromatic nitrogens is 1. The molecule has 6 heteroatoms. The predicted molar refractivity (Wildman–Crippen MR) is 75.4 cm³/mol. The number of anilines is 1. The number of aryl methyl sites for hydroxylation is 1. The molecule has 0 radical (unpaired) electrons. The van der Waals surface area contributed by atoms with Crippen molar-refractivity contribution in [3.8, 4) is 22.8 Å². The van der Waals surface area contributed by atoms with Gasteiger partial charge >= 0.3 is 0 Å². The predicted octanol–water partition coefficient (Wildman–Crippen LogP) is 3.23. The number of hydrogen-bond acceptors (Lipinski definition) is 5. The van der Waals surface area contributed by atoms with Crippen LogP contribution in [0, 0.1) is 6.92 Å². The van der Waals surface area contributed by atoms with Gasteiger partial charge in [0.2, 0.25) is 0 Å².